The van der Waals surface area contributed by atoms with Crippen LogP contribution in [0.4, 0.5) is 17.5 Å². The van der Waals surface area contributed by atoms with Crippen LogP contribution in [-0.2, 0) is 5.41 Å². The Balaban J connectivity index is 1.79. The van der Waals surface area contributed by atoms with E-state index in [0.29, 0.717) is 5.95 Å². The Bertz CT molecular complexity index is 779. The molecule has 2 aromatic rings. The molecule has 0 aliphatic carbocycles. The summed E-state index contributed by atoms with van der Waals surface area (Å²) in [7, 11) is 0. The van der Waals surface area contributed by atoms with E-state index in [-0.39, 0.29) is 6.04 Å². The fraction of sp³-hybridized carbons (Fsp3) is 0.421. The van der Waals surface area contributed by atoms with E-state index in [9.17, 15) is 5.26 Å². The van der Waals surface area contributed by atoms with E-state index in [2.05, 4.69) is 26.3 Å². The summed E-state index contributed by atoms with van der Waals surface area (Å²) in [5.74, 6) is 1.43. The van der Waals surface area contributed by atoms with Crippen LogP contribution in [0.25, 0.3) is 0 Å². The second-order valence-corrected chi connectivity index (χ2v) is 7.03. The van der Waals surface area contributed by atoms with Crippen LogP contribution < -0.4 is 16.0 Å². The third-order valence-corrected chi connectivity index (χ3v) is 4.52. The minimum Gasteiger partial charge on any atom is -0.340 e. The monoisotopic (exact) mass is 336 g/mol. The van der Waals surface area contributed by atoms with Gasteiger partial charge < -0.3 is 16.0 Å². The smallest absolute Gasteiger partial charge is 0.227 e. The number of benzene rings is 1. The summed E-state index contributed by atoms with van der Waals surface area (Å²) in [4.78, 5) is 11.1. The van der Waals surface area contributed by atoms with Gasteiger partial charge in [0.25, 0.3) is 0 Å². The van der Waals surface area contributed by atoms with Gasteiger partial charge in [0.2, 0.25) is 5.95 Å². The lowest BCUT2D eigenvalue weighted by atomic mass is 9.86. The van der Waals surface area contributed by atoms with Crippen molar-refractivity contribution in [2.24, 2.45) is 5.73 Å². The first kappa shape index (κ1) is 17.2. The molecule has 1 unspecified atom stereocenters. The van der Waals surface area contributed by atoms with Crippen LogP contribution in [0.5, 0.6) is 0 Å². The molecule has 0 saturated carbocycles. The molecule has 1 saturated heterocycles. The molecule has 0 bridgehead atoms. The number of aromatic nitrogens is 2. The van der Waals surface area contributed by atoms with Crippen LogP contribution in [-0.4, -0.2) is 29.1 Å². The van der Waals surface area contributed by atoms with Gasteiger partial charge in [-0.25, -0.2) is 4.98 Å². The number of rotatable bonds is 4. The fourth-order valence-electron chi connectivity index (χ4n) is 2.96. The predicted molar refractivity (Wildman–Crippen MR) is 99.8 cm³/mol. The lowest BCUT2D eigenvalue weighted by molar-refractivity contribution is 0.500. The average molecular weight is 336 g/mol. The van der Waals surface area contributed by atoms with Gasteiger partial charge in [-0.3, -0.25) is 0 Å². The predicted octanol–water partition coefficient (Wildman–Crippen LogP) is 2.95. The third-order valence-electron chi connectivity index (χ3n) is 4.52. The Morgan fingerprint density at radius 1 is 1.36 bits per heavy atom. The third kappa shape index (κ3) is 4.06. The fourth-order valence-corrected chi connectivity index (χ4v) is 2.96. The van der Waals surface area contributed by atoms with Gasteiger partial charge in [-0.05, 0) is 50.5 Å². The van der Waals surface area contributed by atoms with Crippen molar-refractivity contribution >= 4 is 17.5 Å². The number of nitrogens with one attached hydrogen (secondary N) is 1. The van der Waals surface area contributed by atoms with Crippen molar-refractivity contribution in [1.29, 1.82) is 5.26 Å². The molecule has 1 aliphatic rings. The van der Waals surface area contributed by atoms with Gasteiger partial charge in [-0.15, -0.1) is 0 Å². The Kier molecular flexibility index (Phi) is 4.86. The van der Waals surface area contributed by atoms with Gasteiger partial charge in [0.1, 0.15) is 5.82 Å². The molecule has 6 nitrogen and oxygen atoms in total. The highest BCUT2D eigenvalue weighted by Crippen LogP contribution is 2.26. The first-order valence-corrected chi connectivity index (χ1v) is 8.60. The molecule has 1 aliphatic heterocycles. The normalized spacial score (nSPS) is 17.8. The molecular weight excluding hydrogens is 312 g/mol. The van der Waals surface area contributed by atoms with Gasteiger partial charge in [0.05, 0.1) is 11.5 Å². The molecule has 3 N–H and O–H groups in total. The van der Waals surface area contributed by atoms with E-state index >= 15 is 0 Å². The Morgan fingerprint density at radius 2 is 2.20 bits per heavy atom. The maximum atomic E-state index is 9.32. The summed E-state index contributed by atoms with van der Waals surface area (Å²) < 4.78 is 0. The van der Waals surface area contributed by atoms with Crippen LogP contribution in [0.2, 0.25) is 0 Å². The summed E-state index contributed by atoms with van der Waals surface area (Å²) in [5.41, 5.74) is 7.40. The topological polar surface area (TPSA) is 90.9 Å². The van der Waals surface area contributed by atoms with Crippen LogP contribution in [0, 0.1) is 11.3 Å². The quantitative estimate of drug-likeness (QED) is 0.892. The zero-order valence-corrected chi connectivity index (χ0v) is 14.7. The number of nitrogens with zero attached hydrogens (tertiary/aromatic N) is 4. The van der Waals surface area contributed by atoms with E-state index in [1.165, 1.54) is 0 Å². The molecule has 6 heteroatoms. The molecule has 1 aromatic heterocycles. The zero-order chi connectivity index (χ0) is 17.9. The Morgan fingerprint density at radius 3 is 2.96 bits per heavy atom. The van der Waals surface area contributed by atoms with E-state index in [1.807, 2.05) is 44.2 Å². The Labute approximate surface area is 148 Å². The molecule has 0 radical (unpaired) electrons. The van der Waals surface area contributed by atoms with Gasteiger partial charge in [-0.2, -0.15) is 10.2 Å². The van der Waals surface area contributed by atoms with Crippen molar-refractivity contribution < 1.29 is 0 Å². The van der Waals surface area contributed by atoms with Crippen molar-refractivity contribution in [2.45, 2.75) is 38.1 Å². The van der Waals surface area contributed by atoms with Gasteiger partial charge in [0, 0.05) is 31.0 Å². The minimum atomic E-state index is -0.529. The number of hydrogen-bond acceptors (Lipinski definition) is 6. The van der Waals surface area contributed by atoms with Crippen LogP contribution >= 0.6 is 0 Å². The number of anilines is 3. The van der Waals surface area contributed by atoms with Crippen LogP contribution in [0.1, 0.15) is 32.3 Å². The van der Waals surface area contributed by atoms with E-state index < -0.39 is 5.41 Å². The molecule has 25 heavy (non-hydrogen) atoms. The van der Waals surface area contributed by atoms with E-state index in [1.54, 1.807) is 6.20 Å². The van der Waals surface area contributed by atoms with E-state index in [0.717, 1.165) is 43.0 Å². The van der Waals surface area contributed by atoms with Crippen LogP contribution in [0.15, 0.2) is 36.5 Å². The van der Waals surface area contributed by atoms with Gasteiger partial charge in [0.15, 0.2) is 0 Å². The minimum absolute atomic E-state index is 0.179. The average Bonchev–Trinajstić information content (AvgIpc) is 2.62. The molecule has 1 atom stereocenters. The molecule has 1 aromatic carbocycles. The second kappa shape index (κ2) is 7.08. The van der Waals surface area contributed by atoms with Gasteiger partial charge >= 0.3 is 0 Å². The Hall–Kier alpha value is -2.65. The summed E-state index contributed by atoms with van der Waals surface area (Å²) >= 11 is 0. The van der Waals surface area contributed by atoms with Crippen molar-refractivity contribution in [3.05, 3.63) is 42.1 Å². The zero-order valence-electron chi connectivity index (χ0n) is 14.7. The first-order chi connectivity index (χ1) is 12.0. The van der Waals surface area contributed by atoms with E-state index in [4.69, 9.17) is 5.73 Å². The van der Waals surface area contributed by atoms with Crippen molar-refractivity contribution in [1.82, 2.24) is 9.97 Å². The summed E-state index contributed by atoms with van der Waals surface area (Å²) in [6.45, 7) is 5.54. The highest BCUT2D eigenvalue weighted by Gasteiger charge is 2.20. The number of piperidine rings is 1. The highest BCUT2D eigenvalue weighted by molar-refractivity contribution is 5.59. The molecular formula is C19H24N6. The second-order valence-electron chi connectivity index (χ2n) is 7.03. The maximum Gasteiger partial charge on any atom is 0.227 e. The highest BCUT2D eigenvalue weighted by atomic mass is 15.3. The molecule has 130 valence electrons. The summed E-state index contributed by atoms with van der Waals surface area (Å²) in [6.07, 6.45) is 3.87. The molecule has 1 fully saturated rings. The van der Waals surface area contributed by atoms with Crippen LogP contribution in [0.3, 0.4) is 0 Å². The lowest BCUT2D eigenvalue weighted by Gasteiger charge is -2.30. The molecule has 2 heterocycles. The standard InChI is InChI=1S/C19H24N6/c1-19(2,13-20)14-5-3-7-16(11-14)23-17-8-9-22-18(24-17)25-10-4-6-15(21)12-25/h3,5,7-9,11,15H,4,6,10,12,21H2,1-2H3,(H,22,23,24). The first-order valence-electron chi connectivity index (χ1n) is 8.60. The number of nitriles is 1. The SMILES string of the molecule is CC(C)(C#N)c1cccc(Nc2ccnc(N3CCCC(N)C3)n2)c1. The number of hydrogen-bond donors (Lipinski definition) is 2. The van der Waals surface area contributed by atoms with Crippen molar-refractivity contribution in [3.63, 3.8) is 0 Å². The molecule has 0 spiro atoms. The summed E-state index contributed by atoms with van der Waals surface area (Å²) in [5, 5.41) is 12.6. The lowest BCUT2D eigenvalue weighted by Crippen LogP contribution is -2.43. The summed E-state index contributed by atoms with van der Waals surface area (Å²) in [6, 6.07) is 12.2. The maximum absolute atomic E-state index is 9.32. The van der Waals surface area contributed by atoms with Crippen molar-refractivity contribution in [2.75, 3.05) is 23.3 Å². The molecule has 0 amide bonds. The van der Waals surface area contributed by atoms with Crippen molar-refractivity contribution in [3.8, 4) is 6.07 Å². The molecule has 3 rings (SSSR count). The number of nitrogens with two attached hydrogens (primary N) is 1. The largest absolute Gasteiger partial charge is 0.340 e. The van der Waals surface area contributed by atoms with Gasteiger partial charge in [-0.1, -0.05) is 12.1 Å².